The molecule has 5 nitrogen and oxygen atoms in total. The number of hydrogen-bond acceptors (Lipinski definition) is 4. The predicted molar refractivity (Wildman–Crippen MR) is 82.1 cm³/mol. The maximum Gasteiger partial charge on any atom is 0.144 e. The van der Waals surface area contributed by atoms with Crippen LogP contribution in [0.5, 0.6) is 0 Å². The Morgan fingerprint density at radius 1 is 1.30 bits per heavy atom. The second kappa shape index (κ2) is 6.76. The molecule has 0 radical (unpaired) electrons. The molecule has 2 fully saturated rings. The highest BCUT2D eigenvalue weighted by molar-refractivity contribution is 5.85. The van der Waals surface area contributed by atoms with Gasteiger partial charge in [-0.2, -0.15) is 0 Å². The molecule has 2 aliphatic heterocycles. The fourth-order valence-electron chi connectivity index (χ4n) is 3.42. The first-order valence-electron chi connectivity index (χ1n) is 7.97. The Bertz CT molecular complexity index is 343. The average molecular weight is 282 g/mol. The molecule has 116 valence electrons. The minimum absolute atomic E-state index is 0.196. The van der Waals surface area contributed by atoms with Crippen LogP contribution in [-0.2, 0) is 0 Å². The molecular formula is C15H30N4O. The molecule has 3 N–H and O–H groups in total. The van der Waals surface area contributed by atoms with Crippen LogP contribution in [0, 0.1) is 5.41 Å². The Kier molecular flexibility index (Phi) is 5.27. The van der Waals surface area contributed by atoms with Crippen molar-refractivity contribution in [3.8, 4) is 0 Å². The van der Waals surface area contributed by atoms with Gasteiger partial charge in [0.1, 0.15) is 5.84 Å². The Hall–Kier alpha value is -0.810. The molecule has 0 aromatic carbocycles. The van der Waals surface area contributed by atoms with Crippen molar-refractivity contribution in [3.63, 3.8) is 0 Å². The Morgan fingerprint density at radius 2 is 2.10 bits per heavy atom. The molecule has 1 unspecified atom stereocenters. The fourth-order valence-corrected chi connectivity index (χ4v) is 3.42. The highest BCUT2D eigenvalue weighted by Crippen LogP contribution is 2.24. The van der Waals surface area contributed by atoms with Crippen molar-refractivity contribution in [1.82, 2.24) is 9.80 Å². The van der Waals surface area contributed by atoms with E-state index in [-0.39, 0.29) is 5.41 Å². The van der Waals surface area contributed by atoms with Crippen LogP contribution in [0.2, 0.25) is 0 Å². The van der Waals surface area contributed by atoms with Crippen molar-refractivity contribution in [1.29, 1.82) is 0 Å². The van der Waals surface area contributed by atoms with Crippen LogP contribution in [0.15, 0.2) is 5.16 Å². The number of unbranched alkanes of at least 4 members (excludes halogenated alkanes) is 1. The smallest absolute Gasteiger partial charge is 0.144 e. The van der Waals surface area contributed by atoms with E-state index in [0.717, 1.165) is 18.9 Å². The lowest BCUT2D eigenvalue weighted by molar-refractivity contribution is 0.103. The summed E-state index contributed by atoms with van der Waals surface area (Å²) in [6, 6.07) is 0.817. The summed E-state index contributed by atoms with van der Waals surface area (Å²) in [6.07, 6.45) is 6.08. The van der Waals surface area contributed by atoms with Gasteiger partial charge in [-0.05, 0) is 38.8 Å². The van der Waals surface area contributed by atoms with E-state index in [4.69, 9.17) is 10.9 Å². The van der Waals surface area contributed by atoms with Gasteiger partial charge in [0.15, 0.2) is 0 Å². The average Bonchev–Trinajstić information content (AvgIpc) is 2.90. The molecule has 0 aromatic rings. The first-order chi connectivity index (χ1) is 9.53. The number of oxime groups is 1. The normalized spacial score (nSPS) is 25.9. The lowest BCUT2D eigenvalue weighted by Gasteiger charge is -2.37. The fraction of sp³-hybridized carbons (Fsp3) is 0.933. The monoisotopic (exact) mass is 282 g/mol. The standard InChI is InChI=1S/C15H30N4O/c1-15(2,14(16)17-20)7-3-4-8-18-10-11-19-9-5-6-13(19)12-18/h13,20H,3-12H2,1-2H3,(H2,16,17). The van der Waals surface area contributed by atoms with Crippen LogP contribution in [0.4, 0.5) is 0 Å². The van der Waals surface area contributed by atoms with Crippen LogP contribution in [-0.4, -0.2) is 59.6 Å². The van der Waals surface area contributed by atoms with E-state index in [0.29, 0.717) is 5.84 Å². The summed E-state index contributed by atoms with van der Waals surface area (Å²) in [7, 11) is 0. The van der Waals surface area contributed by atoms with Crippen LogP contribution in [0.3, 0.4) is 0 Å². The van der Waals surface area contributed by atoms with Crippen molar-refractivity contribution < 1.29 is 5.21 Å². The van der Waals surface area contributed by atoms with Crippen molar-refractivity contribution in [2.45, 2.75) is 52.0 Å². The SMILES string of the molecule is CC(C)(CCCCN1CCN2CCCC2C1)C(N)=NO. The zero-order chi connectivity index (χ0) is 14.6. The summed E-state index contributed by atoms with van der Waals surface area (Å²) in [5.74, 6) is 0.345. The summed E-state index contributed by atoms with van der Waals surface area (Å²) in [4.78, 5) is 5.26. The van der Waals surface area contributed by atoms with Gasteiger partial charge in [0.25, 0.3) is 0 Å². The molecule has 0 aliphatic carbocycles. The third kappa shape index (κ3) is 3.85. The summed E-state index contributed by atoms with van der Waals surface area (Å²) in [5, 5.41) is 11.9. The molecule has 5 heteroatoms. The van der Waals surface area contributed by atoms with Gasteiger partial charge < -0.3 is 15.8 Å². The number of rotatable bonds is 6. The minimum atomic E-state index is -0.196. The van der Waals surface area contributed by atoms with Gasteiger partial charge in [0.2, 0.25) is 0 Å². The summed E-state index contributed by atoms with van der Waals surface area (Å²) in [5.41, 5.74) is 5.52. The van der Waals surface area contributed by atoms with Crippen molar-refractivity contribution >= 4 is 5.84 Å². The number of piperazine rings is 1. The second-order valence-corrected chi connectivity index (χ2v) is 6.96. The first kappa shape index (κ1) is 15.6. The molecule has 0 spiro atoms. The molecule has 1 atom stereocenters. The van der Waals surface area contributed by atoms with E-state index in [1.807, 2.05) is 13.8 Å². The topological polar surface area (TPSA) is 65.1 Å². The van der Waals surface area contributed by atoms with Gasteiger partial charge in [0.05, 0.1) is 0 Å². The first-order valence-corrected chi connectivity index (χ1v) is 7.97. The van der Waals surface area contributed by atoms with Crippen molar-refractivity contribution in [3.05, 3.63) is 0 Å². The molecule has 0 bridgehead atoms. The third-order valence-electron chi connectivity index (χ3n) is 5.00. The van der Waals surface area contributed by atoms with E-state index in [2.05, 4.69) is 15.0 Å². The van der Waals surface area contributed by atoms with E-state index < -0.39 is 0 Å². The molecule has 2 heterocycles. The van der Waals surface area contributed by atoms with E-state index >= 15 is 0 Å². The summed E-state index contributed by atoms with van der Waals surface area (Å²) in [6.45, 7) is 10.3. The molecule has 2 saturated heterocycles. The Balaban J connectivity index is 1.64. The molecule has 0 aromatic heterocycles. The quantitative estimate of drug-likeness (QED) is 0.256. The van der Waals surface area contributed by atoms with E-state index in [1.165, 1.54) is 52.0 Å². The van der Waals surface area contributed by atoms with Gasteiger partial charge in [-0.25, -0.2) is 0 Å². The zero-order valence-corrected chi connectivity index (χ0v) is 13.0. The predicted octanol–water partition coefficient (Wildman–Crippen LogP) is 1.71. The Morgan fingerprint density at radius 3 is 2.85 bits per heavy atom. The molecule has 2 aliphatic rings. The molecular weight excluding hydrogens is 252 g/mol. The van der Waals surface area contributed by atoms with Crippen LogP contribution < -0.4 is 5.73 Å². The van der Waals surface area contributed by atoms with Crippen molar-refractivity contribution in [2.24, 2.45) is 16.3 Å². The van der Waals surface area contributed by atoms with Crippen molar-refractivity contribution in [2.75, 3.05) is 32.7 Å². The van der Waals surface area contributed by atoms with Gasteiger partial charge in [-0.1, -0.05) is 25.4 Å². The molecule has 0 saturated carbocycles. The van der Waals surface area contributed by atoms with Gasteiger partial charge in [0, 0.05) is 31.1 Å². The van der Waals surface area contributed by atoms with Crippen LogP contribution in [0.25, 0.3) is 0 Å². The number of nitrogens with zero attached hydrogens (tertiary/aromatic N) is 3. The third-order valence-corrected chi connectivity index (χ3v) is 5.00. The Labute approximate surface area is 122 Å². The second-order valence-electron chi connectivity index (χ2n) is 6.96. The highest BCUT2D eigenvalue weighted by atomic mass is 16.4. The molecule has 0 amide bonds. The van der Waals surface area contributed by atoms with Gasteiger partial charge >= 0.3 is 0 Å². The summed E-state index contributed by atoms with van der Waals surface area (Å²) >= 11 is 0. The number of nitrogens with two attached hydrogens (primary N) is 1. The van der Waals surface area contributed by atoms with E-state index in [9.17, 15) is 0 Å². The van der Waals surface area contributed by atoms with E-state index in [1.54, 1.807) is 0 Å². The van der Waals surface area contributed by atoms with Crippen LogP contribution >= 0.6 is 0 Å². The van der Waals surface area contributed by atoms with Gasteiger partial charge in [-0.3, -0.25) is 4.90 Å². The van der Waals surface area contributed by atoms with Gasteiger partial charge in [-0.15, -0.1) is 0 Å². The highest BCUT2D eigenvalue weighted by Gasteiger charge is 2.30. The molecule has 2 rings (SSSR count). The largest absolute Gasteiger partial charge is 0.409 e. The number of hydrogen-bond donors (Lipinski definition) is 2. The maximum atomic E-state index is 8.77. The minimum Gasteiger partial charge on any atom is -0.409 e. The maximum absolute atomic E-state index is 8.77. The lowest BCUT2D eigenvalue weighted by atomic mass is 9.86. The number of amidine groups is 1. The van der Waals surface area contributed by atoms with Crippen LogP contribution in [0.1, 0.15) is 46.0 Å². The number of fused-ring (bicyclic) bond motifs is 1. The molecule has 20 heavy (non-hydrogen) atoms. The zero-order valence-electron chi connectivity index (χ0n) is 13.0. The summed E-state index contributed by atoms with van der Waals surface area (Å²) < 4.78 is 0. The lowest BCUT2D eigenvalue weighted by Crippen LogP contribution is -2.50.